The molecule has 1 unspecified atom stereocenters. The third-order valence-corrected chi connectivity index (χ3v) is 3.20. The van der Waals surface area contributed by atoms with Crippen molar-refractivity contribution in [1.29, 1.82) is 0 Å². The normalized spacial score (nSPS) is 19.3. The van der Waals surface area contributed by atoms with E-state index in [0.717, 1.165) is 6.54 Å². The maximum Gasteiger partial charge on any atom is 0.108 e. The third kappa shape index (κ3) is 3.05. The molecule has 2 N–H and O–H groups in total. The van der Waals surface area contributed by atoms with Crippen LogP contribution >= 0.6 is 0 Å². The number of nitrogens with one attached hydrogen (secondary N) is 1. The van der Waals surface area contributed by atoms with Gasteiger partial charge in [0.2, 0.25) is 0 Å². The number of hydrogen-bond acceptors (Lipinski definition) is 2. The summed E-state index contributed by atoms with van der Waals surface area (Å²) >= 11 is 0. The van der Waals surface area contributed by atoms with Gasteiger partial charge in [-0.1, -0.05) is 43.2 Å². The maximum absolute atomic E-state index is 9.90. The van der Waals surface area contributed by atoms with Crippen LogP contribution in [-0.4, -0.2) is 11.3 Å². The van der Waals surface area contributed by atoms with Crippen molar-refractivity contribution in [1.82, 2.24) is 5.32 Å². The van der Waals surface area contributed by atoms with Crippen molar-refractivity contribution in [2.24, 2.45) is 5.92 Å². The molecular weight excluding hydrogens is 186 g/mol. The highest BCUT2D eigenvalue weighted by molar-refractivity contribution is 5.14. The largest absolute Gasteiger partial charge is 0.378 e. The standard InChI is InChI=1S/C13H19NO/c15-13(12-8-4-5-9-12)14-10-11-6-2-1-3-7-11/h1-3,6-7,12-15H,4-5,8-10H2. The molecule has 1 aromatic carbocycles. The van der Waals surface area contributed by atoms with Crippen LogP contribution in [0.1, 0.15) is 31.2 Å². The van der Waals surface area contributed by atoms with Crippen molar-refractivity contribution in [3.05, 3.63) is 35.9 Å². The van der Waals surface area contributed by atoms with Crippen molar-refractivity contribution in [3.8, 4) is 0 Å². The van der Waals surface area contributed by atoms with E-state index in [1.54, 1.807) is 0 Å². The van der Waals surface area contributed by atoms with Crippen molar-refractivity contribution in [2.75, 3.05) is 0 Å². The zero-order chi connectivity index (χ0) is 10.5. The van der Waals surface area contributed by atoms with Gasteiger partial charge in [0.25, 0.3) is 0 Å². The van der Waals surface area contributed by atoms with Gasteiger partial charge in [-0.25, -0.2) is 0 Å². The van der Waals surface area contributed by atoms with E-state index in [1.807, 2.05) is 18.2 Å². The fourth-order valence-electron chi connectivity index (χ4n) is 2.26. The minimum atomic E-state index is -0.326. The number of hydrogen-bond donors (Lipinski definition) is 2. The van der Waals surface area contributed by atoms with Crippen LogP contribution < -0.4 is 5.32 Å². The van der Waals surface area contributed by atoms with E-state index < -0.39 is 0 Å². The summed E-state index contributed by atoms with van der Waals surface area (Å²) in [6, 6.07) is 10.2. The second-order valence-electron chi connectivity index (χ2n) is 4.36. The lowest BCUT2D eigenvalue weighted by molar-refractivity contribution is 0.0756. The molecule has 15 heavy (non-hydrogen) atoms. The summed E-state index contributed by atoms with van der Waals surface area (Å²) in [4.78, 5) is 0. The molecule has 2 heteroatoms. The number of aliphatic hydroxyl groups excluding tert-OH is 1. The van der Waals surface area contributed by atoms with Gasteiger partial charge in [-0.2, -0.15) is 0 Å². The van der Waals surface area contributed by atoms with E-state index >= 15 is 0 Å². The molecular formula is C13H19NO. The first-order chi connectivity index (χ1) is 7.36. The minimum absolute atomic E-state index is 0.326. The lowest BCUT2D eigenvalue weighted by Gasteiger charge is -2.19. The Balaban J connectivity index is 1.77. The second-order valence-corrected chi connectivity index (χ2v) is 4.36. The van der Waals surface area contributed by atoms with Crippen molar-refractivity contribution >= 4 is 0 Å². The molecule has 1 atom stereocenters. The number of aliphatic hydroxyl groups is 1. The van der Waals surface area contributed by atoms with Gasteiger partial charge in [0.15, 0.2) is 0 Å². The first kappa shape index (κ1) is 10.7. The zero-order valence-corrected chi connectivity index (χ0v) is 9.02. The van der Waals surface area contributed by atoms with Crippen molar-refractivity contribution in [2.45, 2.75) is 38.5 Å². The average molecular weight is 205 g/mol. The molecule has 1 fully saturated rings. The van der Waals surface area contributed by atoms with Gasteiger partial charge >= 0.3 is 0 Å². The molecule has 0 aliphatic heterocycles. The van der Waals surface area contributed by atoms with E-state index in [1.165, 1.54) is 31.2 Å². The Morgan fingerprint density at radius 1 is 1.20 bits per heavy atom. The molecule has 0 radical (unpaired) electrons. The Bertz CT molecular complexity index is 280. The summed E-state index contributed by atoms with van der Waals surface area (Å²) in [6.07, 6.45) is 4.56. The fraction of sp³-hybridized carbons (Fsp3) is 0.538. The first-order valence-electron chi connectivity index (χ1n) is 5.81. The predicted octanol–water partition coefficient (Wildman–Crippen LogP) is 2.28. The summed E-state index contributed by atoms with van der Waals surface area (Å²) in [5.41, 5.74) is 1.23. The molecule has 0 amide bonds. The van der Waals surface area contributed by atoms with Gasteiger partial charge in [0.1, 0.15) is 6.23 Å². The van der Waals surface area contributed by atoms with Gasteiger partial charge < -0.3 is 5.11 Å². The molecule has 1 aliphatic rings. The Morgan fingerprint density at radius 2 is 1.87 bits per heavy atom. The maximum atomic E-state index is 9.90. The molecule has 82 valence electrons. The Hall–Kier alpha value is -0.860. The van der Waals surface area contributed by atoms with Gasteiger partial charge in [-0.15, -0.1) is 0 Å². The summed E-state index contributed by atoms with van der Waals surface area (Å²) in [6.45, 7) is 0.762. The quantitative estimate of drug-likeness (QED) is 0.739. The molecule has 1 aromatic rings. The van der Waals surface area contributed by atoms with E-state index in [9.17, 15) is 5.11 Å². The molecule has 2 nitrogen and oxygen atoms in total. The molecule has 0 saturated heterocycles. The Labute approximate surface area is 91.3 Å². The highest BCUT2D eigenvalue weighted by atomic mass is 16.3. The minimum Gasteiger partial charge on any atom is -0.378 e. The zero-order valence-electron chi connectivity index (χ0n) is 9.02. The van der Waals surface area contributed by atoms with Crippen LogP contribution in [0.3, 0.4) is 0 Å². The van der Waals surface area contributed by atoms with E-state index in [-0.39, 0.29) is 6.23 Å². The molecule has 0 bridgehead atoms. The van der Waals surface area contributed by atoms with Crippen LogP contribution in [0, 0.1) is 5.92 Å². The summed E-state index contributed by atoms with van der Waals surface area (Å²) in [5.74, 6) is 0.466. The van der Waals surface area contributed by atoms with Crippen LogP contribution in [0.2, 0.25) is 0 Å². The molecule has 1 aliphatic carbocycles. The average Bonchev–Trinajstić information content (AvgIpc) is 2.81. The highest BCUT2D eigenvalue weighted by Crippen LogP contribution is 2.26. The molecule has 0 aromatic heterocycles. The fourth-order valence-corrected chi connectivity index (χ4v) is 2.26. The topological polar surface area (TPSA) is 32.3 Å². The van der Waals surface area contributed by atoms with Crippen LogP contribution in [0.4, 0.5) is 0 Å². The van der Waals surface area contributed by atoms with E-state index in [4.69, 9.17) is 0 Å². The van der Waals surface area contributed by atoms with E-state index in [0.29, 0.717) is 5.92 Å². The number of benzene rings is 1. The van der Waals surface area contributed by atoms with E-state index in [2.05, 4.69) is 17.4 Å². The van der Waals surface area contributed by atoms with Gasteiger partial charge in [0, 0.05) is 6.54 Å². The lowest BCUT2D eigenvalue weighted by Crippen LogP contribution is -2.34. The summed E-state index contributed by atoms with van der Waals surface area (Å²) < 4.78 is 0. The molecule has 0 spiro atoms. The predicted molar refractivity (Wildman–Crippen MR) is 61.2 cm³/mol. The lowest BCUT2D eigenvalue weighted by atomic mass is 10.1. The summed E-state index contributed by atoms with van der Waals surface area (Å²) in [7, 11) is 0. The molecule has 1 saturated carbocycles. The van der Waals surface area contributed by atoms with Crippen molar-refractivity contribution in [3.63, 3.8) is 0 Å². The summed E-state index contributed by atoms with van der Waals surface area (Å²) in [5, 5.41) is 13.1. The third-order valence-electron chi connectivity index (χ3n) is 3.20. The highest BCUT2D eigenvalue weighted by Gasteiger charge is 2.22. The van der Waals surface area contributed by atoms with Gasteiger partial charge in [-0.3, -0.25) is 5.32 Å². The molecule has 2 rings (SSSR count). The SMILES string of the molecule is OC(NCc1ccccc1)C1CCCC1. The van der Waals surface area contributed by atoms with Gasteiger partial charge in [-0.05, 0) is 24.3 Å². The monoisotopic (exact) mass is 205 g/mol. The first-order valence-corrected chi connectivity index (χ1v) is 5.81. The Kier molecular flexibility index (Phi) is 3.75. The van der Waals surface area contributed by atoms with Crippen LogP contribution in [0.5, 0.6) is 0 Å². The van der Waals surface area contributed by atoms with Crippen molar-refractivity contribution < 1.29 is 5.11 Å². The molecule has 0 heterocycles. The number of rotatable bonds is 4. The van der Waals surface area contributed by atoms with Crippen LogP contribution in [-0.2, 0) is 6.54 Å². The smallest absolute Gasteiger partial charge is 0.108 e. The van der Waals surface area contributed by atoms with Gasteiger partial charge in [0.05, 0.1) is 0 Å². The van der Waals surface area contributed by atoms with Crippen LogP contribution in [0.15, 0.2) is 30.3 Å². The Morgan fingerprint density at radius 3 is 2.53 bits per heavy atom. The second kappa shape index (κ2) is 5.29. The van der Waals surface area contributed by atoms with Crippen LogP contribution in [0.25, 0.3) is 0 Å².